The van der Waals surface area contributed by atoms with Gasteiger partial charge >= 0.3 is 5.97 Å². The van der Waals surface area contributed by atoms with Gasteiger partial charge in [0.25, 0.3) is 11.8 Å². The third-order valence-electron chi connectivity index (χ3n) is 2.73. The molecule has 1 heterocycles. The fourth-order valence-electron chi connectivity index (χ4n) is 1.63. The van der Waals surface area contributed by atoms with Gasteiger partial charge < -0.3 is 15.4 Å². The van der Waals surface area contributed by atoms with Crippen LogP contribution in [0.2, 0.25) is 10.0 Å². The molecule has 0 saturated heterocycles. The van der Waals surface area contributed by atoms with Gasteiger partial charge in [0.2, 0.25) is 0 Å². The summed E-state index contributed by atoms with van der Waals surface area (Å²) in [4.78, 5) is 35.4. The van der Waals surface area contributed by atoms with E-state index >= 15 is 0 Å². The molecule has 2 N–H and O–H groups in total. The lowest BCUT2D eigenvalue weighted by Gasteiger charge is -2.09. The summed E-state index contributed by atoms with van der Waals surface area (Å²) in [6, 6.07) is 8.12. The van der Waals surface area contributed by atoms with Gasteiger partial charge in [0, 0.05) is 0 Å². The molecular weight excluding hydrogens is 375 g/mol. The molecule has 0 fully saturated rings. The fraction of sp³-hybridized carbons (Fsp3) is 0.133. The lowest BCUT2D eigenvalue weighted by atomic mass is 10.3. The van der Waals surface area contributed by atoms with E-state index in [1.165, 1.54) is 11.3 Å². The van der Waals surface area contributed by atoms with Crippen molar-refractivity contribution in [2.24, 2.45) is 0 Å². The molecule has 1 aromatic heterocycles. The van der Waals surface area contributed by atoms with Crippen molar-refractivity contribution in [1.29, 1.82) is 0 Å². The Morgan fingerprint density at radius 2 is 1.92 bits per heavy atom. The molecular formula is C15H12Cl2N2O4S. The van der Waals surface area contributed by atoms with E-state index in [0.717, 1.165) is 0 Å². The third kappa shape index (κ3) is 5.23. The number of halogens is 2. The minimum atomic E-state index is -0.729. The second-order valence-corrected chi connectivity index (χ2v) is 6.20. The Labute approximate surface area is 151 Å². The van der Waals surface area contributed by atoms with E-state index in [9.17, 15) is 14.4 Å². The van der Waals surface area contributed by atoms with Gasteiger partial charge in [-0.15, -0.1) is 11.3 Å². The number of ether oxygens (including phenoxy) is 1. The summed E-state index contributed by atoms with van der Waals surface area (Å²) in [5.74, 6) is -1.68. The maximum absolute atomic E-state index is 11.7. The Balaban J connectivity index is 1.74. The number of rotatable bonds is 6. The standard InChI is InChI=1S/C15H12Cl2N2O4S/c16-9-3-1-4-10(14(9)17)19-12(20)8-23-13(21)7-18-15(22)11-5-2-6-24-11/h1-6H,7-8H2,(H,18,22)(H,19,20). The average Bonchev–Trinajstić information content (AvgIpc) is 3.09. The van der Waals surface area contributed by atoms with Gasteiger partial charge in [-0.25, -0.2) is 0 Å². The van der Waals surface area contributed by atoms with Crippen LogP contribution in [-0.2, 0) is 14.3 Å². The molecule has 0 bridgehead atoms. The zero-order valence-corrected chi connectivity index (χ0v) is 14.5. The number of thiophene rings is 1. The van der Waals surface area contributed by atoms with Crippen molar-refractivity contribution in [2.75, 3.05) is 18.5 Å². The first-order valence-electron chi connectivity index (χ1n) is 6.68. The molecule has 2 amide bonds. The summed E-state index contributed by atoms with van der Waals surface area (Å²) in [6.45, 7) is -0.835. The number of esters is 1. The molecule has 0 aliphatic carbocycles. The smallest absolute Gasteiger partial charge is 0.325 e. The number of anilines is 1. The van der Waals surface area contributed by atoms with E-state index in [0.29, 0.717) is 15.6 Å². The minimum Gasteiger partial charge on any atom is -0.454 e. The number of hydrogen-bond acceptors (Lipinski definition) is 5. The molecule has 2 aromatic rings. The van der Waals surface area contributed by atoms with Crippen LogP contribution in [0.4, 0.5) is 5.69 Å². The van der Waals surface area contributed by atoms with Gasteiger partial charge in [0.15, 0.2) is 6.61 Å². The van der Waals surface area contributed by atoms with Gasteiger partial charge in [0.1, 0.15) is 6.54 Å². The van der Waals surface area contributed by atoms with Crippen molar-refractivity contribution in [3.05, 3.63) is 50.6 Å². The van der Waals surface area contributed by atoms with Crippen molar-refractivity contribution in [1.82, 2.24) is 5.32 Å². The van der Waals surface area contributed by atoms with E-state index in [4.69, 9.17) is 27.9 Å². The third-order valence-corrected chi connectivity index (χ3v) is 4.42. The van der Waals surface area contributed by atoms with Crippen LogP contribution in [0, 0.1) is 0 Å². The SMILES string of the molecule is O=C(COC(=O)CNC(=O)c1cccs1)Nc1cccc(Cl)c1Cl. The first-order valence-corrected chi connectivity index (χ1v) is 8.32. The number of hydrogen-bond donors (Lipinski definition) is 2. The highest BCUT2D eigenvalue weighted by atomic mass is 35.5. The molecule has 0 aliphatic rings. The maximum atomic E-state index is 11.7. The predicted molar refractivity (Wildman–Crippen MR) is 92.7 cm³/mol. The van der Waals surface area contributed by atoms with Crippen LogP contribution in [0.5, 0.6) is 0 Å². The Morgan fingerprint density at radius 1 is 1.12 bits per heavy atom. The Bertz CT molecular complexity index is 750. The fourth-order valence-corrected chi connectivity index (χ4v) is 2.62. The van der Waals surface area contributed by atoms with Gasteiger partial charge in [0.05, 0.1) is 20.6 Å². The summed E-state index contributed by atoms with van der Waals surface area (Å²) in [7, 11) is 0. The maximum Gasteiger partial charge on any atom is 0.325 e. The van der Waals surface area contributed by atoms with Crippen molar-refractivity contribution < 1.29 is 19.1 Å². The summed E-state index contributed by atoms with van der Waals surface area (Å²) >= 11 is 13.0. The summed E-state index contributed by atoms with van der Waals surface area (Å²) in [6.07, 6.45) is 0. The molecule has 0 spiro atoms. The number of benzene rings is 1. The first-order chi connectivity index (χ1) is 11.5. The normalized spacial score (nSPS) is 10.1. The number of amides is 2. The largest absolute Gasteiger partial charge is 0.454 e. The minimum absolute atomic E-state index is 0.196. The highest BCUT2D eigenvalue weighted by Gasteiger charge is 2.12. The number of carbonyl (C=O) groups is 3. The highest BCUT2D eigenvalue weighted by Crippen LogP contribution is 2.29. The van der Waals surface area contributed by atoms with Crippen LogP contribution in [-0.4, -0.2) is 30.9 Å². The van der Waals surface area contributed by atoms with Gasteiger partial charge in [-0.05, 0) is 23.6 Å². The van der Waals surface area contributed by atoms with Gasteiger partial charge in [-0.1, -0.05) is 35.3 Å². The average molecular weight is 387 g/mol. The molecule has 6 nitrogen and oxygen atoms in total. The van der Waals surface area contributed by atoms with E-state index in [1.807, 2.05) is 0 Å². The quantitative estimate of drug-likeness (QED) is 0.747. The summed E-state index contributed by atoms with van der Waals surface area (Å²) in [5, 5.41) is 7.12. The van der Waals surface area contributed by atoms with Crippen LogP contribution in [0.15, 0.2) is 35.7 Å². The zero-order chi connectivity index (χ0) is 17.5. The van der Waals surface area contributed by atoms with Crippen molar-refractivity contribution >= 4 is 58.0 Å². The summed E-state index contributed by atoms with van der Waals surface area (Å²) < 4.78 is 4.78. The van der Waals surface area contributed by atoms with Crippen LogP contribution in [0.3, 0.4) is 0 Å². The Hall–Kier alpha value is -2.09. The summed E-state index contributed by atoms with van der Waals surface area (Å²) in [5.41, 5.74) is 0.316. The monoisotopic (exact) mass is 386 g/mol. The van der Waals surface area contributed by atoms with Crippen molar-refractivity contribution in [3.8, 4) is 0 Å². The van der Waals surface area contributed by atoms with E-state index < -0.39 is 18.5 Å². The van der Waals surface area contributed by atoms with Crippen LogP contribution in [0.25, 0.3) is 0 Å². The van der Waals surface area contributed by atoms with Crippen molar-refractivity contribution in [3.63, 3.8) is 0 Å². The number of nitrogens with one attached hydrogen (secondary N) is 2. The van der Waals surface area contributed by atoms with E-state index in [-0.39, 0.29) is 17.5 Å². The lowest BCUT2D eigenvalue weighted by molar-refractivity contribution is -0.146. The van der Waals surface area contributed by atoms with Gasteiger partial charge in [-0.3, -0.25) is 14.4 Å². The van der Waals surface area contributed by atoms with Crippen molar-refractivity contribution in [2.45, 2.75) is 0 Å². The molecule has 0 saturated carbocycles. The first kappa shape index (κ1) is 18.3. The zero-order valence-electron chi connectivity index (χ0n) is 12.2. The Morgan fingerprint density at radius 3 is 2.62 bits per heavy atom. The molecule has 1 aromatic carbocycles. The molecule has 126 valence electrons. The molecule has 0 atom stereocenters. The Kier molecular flexibility index (Phi) is 6.60. The van der Waals surface area contributed by atoms with Crippen LogP contribution in [0.1, 0.15) is 9.67 Å². The predicted octanol–water partition coefficient (Wildman–Crippen LogP) is 2.97. The molecule has 0 radical (unpaired) electrons. The lowest BCUT2D eigenvalue weighted by Crippen LogP contribution is -2.31. The molecule has 2 rings (SSSR count). The molecule has 24 heavy (non-hydrogen) atoms. The van der Waals surface area contributed by atoms with Gasteiger partial charge in [-0.2, -0.15) is 0 Å². The van der Waals surface area contributed by atoms with Crippen LogP contribution >= 0.6 is 34.5 Å². The second kappa shape index (κ2) is 8.68. The second-order valence-electron chi connectivity index (χ2n) is 4.47. The van der Waals surface area contributed by atoms with Crippen LogP contribution < -0.4 is 10.6 Å². The molecule has 0 unspecified atom stereocenters. The molecule has 9 heteroatoms. The van der Waals surface area contributed by atoms with E-state index in [1.54, 1.807) is 35.7 Å². The highest BCUT2D eigenvalue weighted by molar-refractivity contribution is 7.12. The topological polar surface area (TPSA) is 84.5 Å². The molecule has 0 aliphatic heterocycles. The number of carbonyl (C=O) groups excluding carboxylic acids is 3. The van der Waals surface area contributed by atoms with E-state index in [2.05, 4.69) is 10.6 Å².